The first-order valence-corrected chi connectivity index (χ1v) is 7.02. The van der Waals surface area contributed by atoms with Gasteiger partial charge < -0.3 is 10.0 Å². The smallest absolute Gasteiger partial charge is 0.182 e. The van der Waals surface area contributed by atoms with Crippen molar-refractivity contribution in [3.05, 3.63) is 77.9 Å². The Kier molecular flexibility index (Phi) is 5.15. The van der Waals surface area contributed by atoms with Crippen LogP contribution in [0.1, 0.15) is 11.1 Å². The van der Waals surface area contributed by atoms with E-state index in [0.717, 1.165) is 11.3 Å². The number of hydrogen-bond donors (Lipinski definition) is 1. The Labute approximate surface area is 130 Å². The van der Waals surface area contributed by atoms with Crippen LogP contribution in [0.2, 0.25) is 0 Å². The predicted octanol–water partition coefficient (Wildman–Crippen LogP) is 3.93. The van der Waals surface area contributed by atoms with Crippen LogP contribution in [-0.2, 0) is 4.79 Å². The summed E-state index contributed by atoms with van der Waals surface area (Å²) in [5.41, 5.74) is 2.66. The summed E-state index contributed by atoms with van der Waals surface area (Å²) in [5.74, 6) is -0.281. The second-order valence-corrected chi connectivity index (χ2v) is 5.12. The molecular weight excluding hydrogens is 274 g/mol. The molecule has 0 aliphatic heterocycles. The molecule has 2 rings (SSSR count). The fourth-order valence-electron chi connectivity index (χ4n) is 1.94. The Morgan fingerprint density at radius 2 is 1.64 bits per heavy atom. The van der Waals surface area contributed by atoms with E-state index in [1.54, 1.807) is 18.2 Å². The van der Waals surface area contributed by atoms with Crippen molar-refractivity contribution < 1.29 is 9.90 Å². The molecule has 2 aromatic rings. The summed E-state index contributed by atoms with van der Waals surface area (Å²) in [4.78, 5) is 13.9. The van der Waals surface area contributed by atoms with E-state index in [4.69, 9.17) is 0 Å². The van der Waals surface area contributed by atoms with Crippen LogP contribution in [0, 0.1) is 0 Å². The second kappa shape index (κ2) is 7.27. The highest BCUT2D eigenvalue weighted by atomic mass is 16.3. The van der Waals surface area contributed by atoms with Gasteiger partial charge in [0.25, 0.3) is 0 Å². The number of ketones is 1. The van der Waals surface area contributed by atoms with Crippen molar-refractivity contribution in [3.8, 4) is 0 Å². The zero-order chi connectivity index (χ0) is 15.9. The summed E-state index contributed by atoms with van der Waals surface area (Å²) in [7, 11) is 3.96. The van der Waals surface area contributed by atoms with Gasteiger partial charge in [0.1, 0.15) is 5.76 Å². The molecule has 2 aromatic carbocycles. The number of allylic oxidation sites excluding steroid dienone is 2. The molecule has 0 saturated heterocycles. The lowest BCUT2D eigenvalue weighted by Crippen LogP contribution is -2.07. The zero-order valence-corrected chi connectivity index (χ0v) is 12.7. The first-order chi connectivity index (χ1) is 10.6. The highest BCUT2D eigenvalue weighted by Crippen LogP contribution is 2.14. The molecule has 0 atom stereocenters. The summed E-state index contributed by atoms with van der Waals surface area (Å²) in [6.45, 7) is 0. The van der Waals surface area contributed by atoms with Crippen molar-refractivity contribution in [2.45, 2.75) is 0 Å². The number of nitrogens with zero attached hydrogens (tertiary/aromatic N) is 1. The second-order valence-electron chi connectivity index (χ2n) is 5.12. The van der Waals surface area contributed by atoms with E-state index in [0.29, 0.717) is 5.56 Å². The number of rotatable bonds is 5. The van der Waals surface area contributed by atoms with Crippen molar-refractivity contribution in [3.63, 3.8) is 0 Å². The molecule has 112 valence electrons. The summed E-state index contributed by atoms with van der Waals surface area (Å²) in [6.07, 6.45) is 4.40. The van der Waals surface area contributed by atoms with E-state index in [9.17, 15) is 9.90 Å². The molecular formula is C19H19NO2. The third kappa shape index (κ3) is 4.35. The lowest BCUT2D eigenvalue weighted by Gasteiger charge is -2.11. The normalized spacial score (nSPS) is 11.6. The molecule has 0 amide bonds. The average molecular weight is 293 g/mol. The van der Waals surface area contributed by atoms with Gasteiger partial charge in [-0.25, -0.2) is 0 Å². The maximum Gasteiger partial charge on any atom is 0.182 e. The average Bonchev–Trinajstić information content (AvgIpc) is 2.54. The molecule has 0 aliphatic rings. The number of carbonyl (C=O) groups is 1. The summed E-state index contributed by atoms with van der Waals surface area (Å²) in [5, 5.41) is 9.89. The quantitative estimate of drug-likeness (QED) is 0.670. The molecule has 0 fully saturated rings. The molecule has 1 N–H and O–H groups in total. The van der Waals surface area contributed by atoms with Gasteiger partial charge in [0.2, 0.25) is 0 Å². The van der Waals surface area contributed by atoms with Crippen molar-refractivity contribution in [1.82, 2.24) is 0 Å². The number of aliphatic hydroxyl groups is 1. The van der Waals surface area contributed by atoms with Crippen molar-refractivity contribution >= 4 is 23.3 Å². The van der Waals surface area contributed by atoms with Crippen molar-refractivity contribution in [2.75, 3.05) is 19.0 Å². The third-order valence-electron chi connectivity index (χ3n) is 3.20. The van der Waals surface area contributed by atoms with Crippen LogP contribution < -0.4 is 4.90 Å². The van der Waals surface area contributed by atoms with E-state index in [-0.39, 0.29) is 11.5 Å². The van der Waals surface area contributed by atoms with Crippen LogP contribution in [0.3, 0.4) is 0 Å². The van der Waals surface area contributed by atoms with Gasteiger partial charge in [-0.2, -0.15) is 0 Å². The maximum absolute atomic E-state index is 11.8. The molecule has 0 saturated carbocycles. The van der Waals surface area contributed by atoms with Gasteiger partial charge in [-0.1, -0.05) is 48.5 Å². The van der Waals surface area contributed by atoms with Crippen molar-refractivity contribution in [1.29, 1.82) is 0 Å². The summed E-state index contributed by atoms with van der Waals surface area (Å²) in [6, 6.07) is 16.8. The highest BCUT2D eigenvalue weighted by molar-refractivity contribution is 6.05. The number of aliphatic hydroxyl groups excluding tert-OH is 1. The molecule has 0 heterocycles. The molecule has 0 aliphatic carbocycles. The van der Waals surface area contributed by atoms with Gasteiger partial charge in [-0.3, -0.25) is 4.79 Å². The van der Waals surface area contributed by atoms with Gasteiger partial charge in [0.05, 0.1) is 0 Å². The van der Waals surface area contributed by atoms with Crippen LogP contribution in [0.15, 0.2) is 66.7 Å². The molecule has 0 bridgehead atoms. The highest BCUT2D eigenvalue weighted by Gasteiger charge is 2.00. The minimum Gasteiger partial charge on any atom is -0.507 e. The van der Waals surface area contributed by atoms with Crippen molar-refractivity contribution in [2.24, 2.45) is 0 Å². The Bertz CT molecular complexity index is 683. The van der Waals surface area contributed by atoms with Gasteiger partial charge >= 0.3 is 0 Å². The fourth-order valence-corrected chi connectivity index (χ4v) is 1.94. The zero-order valence-electron chi connectivity index (χ0n) is 12.7. The number of anilines is 1. The molecule has 3 heteroatoms. The van der Waals surface area contributed by atoms with Gasteiger partial charge in [-0.15, -0.1) is 0 Å². The van der Waals surface area contributed by atoms with Crippen LogP contribution >= 0.6 is 0 Å². The van der Waals surface area contributed by atoms with Gasteiger partial charge in [0.15, 0.2) is 5.78 Å². The van der Waals surface area contributed by atoms with Gasteiger partial charge in [0, 0.05) is 31.4 Å². The van der Waals surface area contributed by atoms with E-state index in [2.05, 4.69) is 0 Å². The standard InChI is InChI=1S/C19H19NO2/c1-20(2)17-11-8-15(9-12-17)10-13-18(21)14-19(22)16-6-4-3-5-7-16/h3-14,22H,1-2H3/b13-10+,19-14-. The number of hydrogen-bond acceptors (Lipinski definition) is 3. The number of carbonyl (C=O) groups excluding carboxylic acids is 1. The fraction of sp³-hybridized carbons (Fsp3) is 0.105. The first-order valence-electron chi connectivity index (χ1n) is 7.02. The Hall–Kier alpha value is -2.81. The molecule has 0 radical (unpaired) electrons. The molecule has 3 nitrogen and oxygen atoms in total. The van der Waals surface area contributed by atoms with E-state index < -0.39 is 0 Å². The first kappa shape index (κ1) is 15.6. The molecule has 22 heavy (non-hydrogen) atoms. The Balaban J connectivity index is 2.05. The largest absolute Gasteiger partial charge is 0.507 e. The molecule has 0 unspecified atom stereocenters. The summed E-state index contributed by atoms with van der Waals surface area (Å²) < 4.78 is 0. The van der Waals surface area contributed by atoms with Crippen LogP contribution in [-0.4, -0.2) is 25.0 Å². The lowest BCUT2D eigenvalue weighted by atomic mass is 10.1. The number of benzene rings is 2. The van der Waals surface area contributed by atoms with E-state index in [1.807, 2.05) is 61.5 Å². The monoisotopic (exact) mass is 293 g/mol. The van der Waals surface area contributed by atoms with E-state index >= 15 is 0 Å². The molecule has 0 spiro atoms. The summed E-state index contributed by atoms with van der Waals surface area (Å²) >= 11 is 0. The van der Waals surface area contributed by atoms with Gasteiger partial charge in [-0.05, 0) is 23.8 Å². The minimum atomic E-state index is -0.252. The van der Waals surface area contributed by atoms with Crippen LogP contribution in [0.5, 0.6) is 0 Å². The van der Waals surface area contributed by atoms with Crippen LogP contribution in [0.25, 0.3) is 11.8 Å². The SMILES string of the molecule is CN(C)c1ccc(/C=C/C(=O)/C=C(\O)c2ccccc2)cc1. The Morgan fingerprint density at radius 1 is 1.00 bits per heavy atom. The van der Waals surface area contributed by atoms with E-state index in [1.165, 1.54) is 12.2 Å². The van der Waals surface area contributed by atoms with Crippen LogP contribution in [0.4, 0.5) is 5.69 Å². The third-order valence-corrected chi connectivity index (χ3v) is 3.20. The molecule has 0 aromatic heterocycles. The maximum atomic E-state index is 11.8. The lowest BCUT2D eigenvalue weighted by molar-refractivity contribution is -0.110. The Morgan fingerprint density at radius 3 is 2.23 bits per heavy atom. The predicted molar refractivity (Wildman–Crippen MR) is 91.9 cm³/mol. The topological polar surface area (TPSA) is 40.5 Å². The minimum absolute atomic E-state index is 0.0294.